The standard InChI is InChI=1S/C18H41N3/c1-15(2)20(9)13-17(5,6)11-19-12-18(7,8)14-21(10)16(3)4/h15-16,19H,11-14H2,1-10H3. The molecule has 0 aromatic carbocycles. The van der Waals surface area contributed by atoms with E-state index in [0.29, 0.717) is 22.9 Å². The van der Waals surface area contributed by atoms with Crippen LogP contribution in [-0.4, -0.2) is 62.2 Å². The zero-order valence-corrected chi connectivity index (χ0v) is 16.4. The first-order chi connectivity index (χ1) is 9.36. The van der Waals surface area contributed by atoms with Gasteiger partial charge in [0.05, 0.1) is 0 Å². The van der Waals surface area contributed by atoms with Gasteiger partial charge < -0.3 is 15.1 Å². The number of rotatable bonds is 10. The van der Waals surface area contributed by atoms with Gasteiger partial charge in [-0.3, -0.25) is 0 Å². The molecule has 0 amide bonds. The molecule has 0 aliphatic carbocycles. The molecule has 0 unspecified atom stereocenters. The summed E-state index contributed by atoms with van der Waals surface area (Å²) in [5.74, 6) is 0. The SMILES string of the molecule is CC(C)N(C)CC(C)(C)CNCC(C)(C)CN(C)C(C)C. The predicted molar refractivity (Wildman–Crippen MR) is 96.0 cm³/mol. The topological polar surface area (TPSA) is 18.5 Å². The summed E-state index contributed by atoms with van der Waals surface area (Å²) in [6, 6.07) is 1.22. The number of nitrogens with zero attached hydrogens (tertiary/aromatic N) is 2. The van der Waals surface area contributed by atoms with Crippen LogP contribution in [0.3, 0.4) is 0 Å². The Balaban J connectivity index is 4.21. The fourth-order valence-electron chi connectivity index (χ4n) is 2.57. The lowest BCUT2D eigenvalue weighted by Crippen LogP contribution is -2.46. The van der Waals surface area contributed by atoms with Gasteiger partial charge in [-0.2, -0.15) is 0 Å². The normalized spacial score (nSPS) is 14.0. The Labute approximate surface area is 134 Å². The molecule has 21 heavy (non-hydrogen) atoms. The molecular weight excluding hydrogens is 258 g/mol. The Morgan fingerprint density at radius 3 is 1.24 bits per heavy atom. The van der Waals surface area contributed by atoms with E-state index in [2.05, 4.69) is 84.6 Å². The number of nitrogens with one attached hydrogen (secondary N) is 1. The molecule has 0 aliphatic heterocycles. The molecule has 0 saturated heterocycles. The van der Waals surface area contributed by atoms with Crippen LogP contribution in [0.15, 0.2) is 0 Å². The third kappa shape index (κ3) is 9.49. The molecule has 0 saturated carbocycles. The summed E-state index contributed by atoms with van der Waals surface area (Å²) < 4.78 is 0. The Hall–Kier alpha value is -0.120. The summed E-state index contributed by atoms with van der Waals surface area (Å²) in [5.41, 5.74) is 0.609. The number of hydrogen-bond acceptors (Lipinski definition) is 3. The van der Waals surface area contributed by atoms with E-state index in [1.807, 2.05) is 0 Å². The highest BCUT2D eigenvalue weighted by Gasteiger charge is 2.24. The molecule has 0 radical (unpaired) electrons. The monoisotopic (exact) mass is 299 g/mol. The maximum Gasteiger partial charge on any atom is 0.00445 e. The lowest BCUT2D eigenvalue weighted by molar-refractivity contribution is 0.151. The third-order valence-corrected chi connectivity index (χ3v) is 4.33. The van der Waals surface area contributed by atoms with Crippen LogP contribution in [0.2, 0.25) is 0 Å². The van der Waals surface area contributed by atoms with Crippen molar-refractivity contribution in [1.82, 2.24) is 15.1 Å². The summed E-state index contributed by atoms with van der Waals surface area (Å²) in [7, 11) is 4.43. The van der Waals surface area contributed by atoms with Gasteiger partial charge in [0.15, 0.2) is 0 Å². The van der Waals surface area contributed by atoms with Crippen molar-refractivity contribution in [2.45, 2.75) is 67.5 Å². The van der Waals surface area contributed by atoms with Gasteiger partial charge in [-0.15, -0.1) is 0 Å². The lowest BCUT2D eigenvalue weighted by atomic mass is 9.89. The summed E-state index contributed by atoms with van der Waals surface area (Å²) in [5, 5.41) is 3.70. The zero-order valence-electron chi connectivity index (χ0n) is 16.4. The van der Waals surface area contributed by atoms with Gasteiger partial charge in [-0.05, 0) is 52.6 Å². The second kappa shape index (κ2) is 8.50. The van der Waals surface area contributed by atoms with Crippen LogP contribution in [0.1, 0.15) is 55.4 Å². The van der Waals surface area contributed by atoms with E-state index in [9.17, 15) is 0 Å². The first-order valence-electron chi connectivity index (χ1n) is 8.47. The zero-order chi connectivity index (χ0) is 16.8. The fraction of sp³-hybridized carbons (Fsp3) is 1.00. The van der Waals surface area contributed by atoms with E-state index in [1.165, 1.54) is 0 Å². The fourth-order valence-corrected chi connectivity index (χ4v) is 2.57. The molecule has 128 valence electrons. The Kier molecular flexibility index (Phi) is 8.45. The van der Waals surface area contributed by atoms with Crippen LogP contribution < -0.4 is 5.32 Å². The van der Waals surface area contributed by atoms with Crippen LogP contribution in [0.4, 0.5) is 0 Å². The largest absolute Gasteiger partial charge is 0.316 e. The van der Waals surface area contributed by atoms with Gasteiger partial charge in [0.2, 0.25) is 0 Å². The molecule has 0 aromatic rings. The van der Waals surface area contributed by atoms with Crippen molar-refractivity contribution in [3.63, 3.8) is 0 Å². The van der Waals surface area contributed by atoms with E-state index in [4.69, 9.17) is 0 Å². The van der Waals surface area contributed by atoms with Gasteiger partial charge in [-0.1, -0.05) is 27.7 Å². The summed E-state index contributed by atoms with van der Waals surface area (Å²) in [6.45, 7) is 22.8. The molecule has 0 fully saturated rings. The van der Waals surface area contributed by atoms with E-state index >= 15 is 0 Å². The van der Waals surface area contributed by atoms with Gasteiger partial charge in [-0.25, -0.2) is 0 Å². The lowest BCUT2D eigenvalue weighted by Gasteiger charge is -2.36. The van der Waals surface area contributed by atoms with Crippen molar-refractivity contribution >= 4 is 0 Å². The summed E-state index contributed by atoms with van der Waals surface area (Å²) in [6.07, 6.45) is 0. The van der Waals surface area contributed by atoms with Crippen LogP contribution in [-0.2, 0) is 0 Å². The van der Waals surface area contributed by atoms with Gasteiger partial charge in [0.1, 0.15) is 0 Å². The van der Waals surface area contributed by atoms with E-state index < -0.39 is 0 Å². The first kappa shape index (κ1) is 20.9. The van der Waals surface area contributed by atoms with Crippen molar-refractivity contribution in [3.8, 4) is 0 Å². The molecule has 0 aromatic heterocycles. The van der Waals surface area contributed by atoms with E-state index in [0.717, 1.165) is 26.2 Å². The van der Waals surface area contributed by atoms with E-state index in [1.54, 1.807) is 0 Å². The summed E-state index contributed by atoms with van der Waals surface area (Å²) >= 11 is 0. The number of hydrogen-bond donors (Lipinski definition) is 1. The molecule has 0 bridgehead atoms. The van der Waals surface area contributed by atoms with Crippen molar-refractivity contribution in [2.75, 3.05) is 40.3 Å². The molecule has 0 spiro atoms. The average molecular weight is 300 g/mol. The molecular formula is C18H41N3. The molecule has 0 atom stereocenters. The van der Waals surface area contributed by atoms with Crippen LogP contribution in [0.25, 0.3) is 0 Å². The first-order valence-corrected chi connectivity index (χ1v) is 8.47. The minimum Gasteiger partial charge on any atom is -0.316 e. The highest BCUT2D eigenvalue weighted by molar-refractivity contribution is 4.81. The second-order valence-electron chi connectivity index (χ2n) is 8.95. The van der Waals surface area contributed by atoms with Crippen molar-refractivity contribution in [1.29, 1.82) is 0 Å². The second-order valence-corrected chi connectivity index (χ2v) is 8.95. The van der Waals surface area contributed by atoms with E-state index in [-0.39, 0.29) is 0 Å². The third-order valence-electron chi connectivity index (χ3n) is 4.33. The smallest absolute Gasteiger partial charge is 0.00445 e. The summed E-state index contributed by atoms with van der Waals surface area (Å²) in [4.78, 5) is 4.86. The van der Waals surface area contributed by atoms with Crippen molar-refractivity contribution in [3.05, 3.63) is 0 Å². The Morgan fingerprint density at radius 2 is 1.00 bits per heavy atom. The predicted octanol–water partition coefficient (Wildman–Crippen LogP) is 3.31. The average Bonchev–Trinajstić information content (AvgIpc) is 2.26. The maximum atomic E-state index is 3.70. The van der Waals surface area contributed by atoms with Gasteiger partial charge >= 0.3 is 0 Å². The molecule has 0 rings (SSSR count). The maximum absolute atomic E-state index is 3.70. The van der Waals surface area contributed by atoms with Crippen molar-refractivity contribution < 1.29 is 0 Å². The molecule has 3 heteroatoms. The minimum atomic E-state index is 0.305. The molecule has 3 nitrogen and oxygen atoms in total. The van der Waals surface area contributed by atoms with Crippen LogP contribution in [0, 0.1) is 10.8 Å². The Morgan fingerprint density at radius 1 is 0.714 bits per heavy atom. The van der Waals surface area contributed by atoms with Crippen LogP contribution >= 0.6 is 0 Å². The van der Waals surface area contributed by atoms with Gasteiger partial charge in [0, 0.05) is 38.3 Å². The highest BCUT2D eigenvalue weighted by Crippen LogP contribution is 2.19. The van der Waals surface area contributed by atoms with Gasteiger partial charge in [0.25, 0.3) is 0 Å². The molecule has 1 N–H and O–H groups in total. The minimum absolute atomic E-state index is 0.305. The molecule has 0 aliphatic rings. The highest BCUT2D eigenvalue weighted by atomic mass is 15.1. The molecule has 0 heterocycles. The van der Waals surface area contributed by atoms with Crippen LogP contribution in [0.5, 0.6) is 0 Å². The quantitative estimate of drug-likeness (QED) is 0.668. The Bertz CT molecular complexity index is 254. The van der Waals surface area contributed by atoms with Crippen molar-refractivity contribution in [2.24, 2.45) is 10.8 Å².